The van der Waals surface area contributed by atoms with E-state index < -0.39 is 21.6 Å². The fraction of sp³-hybridized carbons (Fsp3) is 0.472. The van der Waals surface area contributed by atoms with Gasteiger partial charge in [0, 0.05) is 121 Å². The van der Waals surface area contributed by atoms with E-state index in [9.17, 15) is 13.2 Å². The molecular weight excluding hydrogens is 855 g/mol. The molecule has 310 valence electrons. The average Bonchev–Trinajstić information content (AvgIpc) is 3.80. The molecule has 6 aromatic rings. The predicted molar refractivity (Wildman–Crippen MR) is 227 cm³/mol. The predicted octanol–water partition coefficient (Wildman–Crippen LogP) is 3.66. The fourth-order valence-electron chi connectivity index (χ4n) is 6.86. The first-order valence-electron chi connectivity index (χ1n) is 18.6. The molecule has 10 rings (SSSR count). The summed E-state index contributed by atoms with van der Waals surface area (Å²) < 4.78 is 44.7. The summed E-state index contributed by atoms with van der Waals surface area (Å²) in [5.41, 5.74) is 4.86. The van der Waals surface area contributed by atoms with Crippen LogP contribution in [-0.4, -0.2) is 151 Å². The highest BCUT2D eigenvalue weighted by Gasteiger charge is 2.24. The zero-order chi connectivity index (χ0) is 39.3. The van der Waals surface area contributed by atoms with Crippen molar-refractivity contribution < 1.29 is 31.5 Å². The van der Waals surface area contributed by atoms with Gasteiger partial charge in [-0.05, 0) is 40.9 Å². The molecule has 58 heavy (non-hydrogen) atoms. The number of pyridine rings is 2. The van der Waals surface area contributed by atoms with Crippen molar-refractivity contribution in [2.45, 2.75) is 6.54 Å². The van der Waals surface area contributed by atoms with Crippen LogP contribution in [0.4, 0.5) is 11.6 Å². The molecule has 0 aromatic carbocycles. The molecule has 4 saturated heterocycles. The number of ether oxygens (including phenoxy) is 2. The van der Waals surface area contributed by atoms with Crippen LogP contribution in [0.25, 0.3) is 44.4 Å². The number of halogens is 3. The Morgan fingerprint density at radius 3 is 1.69 bits per heavy atom. The van der Waals surface area contributed by atoms with E-state index in [4.69, 9.17) is 41.5 Å². The van der Waals surface area contributed by atoms with Crippen LogP contribution in [0.3, 0.4) is 0 Å². The number of morpholine rings is 2. The molecule has 4 aliphatic rings. The van der Waals surface area contributed by atoms with E-state index in [1.54, 1.807) is 6.07 Å². The number of carbonyl (C=O) groups excluding carboxylic acids is 1. The van der Waals surface area contributed by atoms with Crippen molar-refractivity contribution in [3.63, 3.8) is 0 Å². The van der Waals surface area contributed by atoms with Crippen molar-refractivity contribution in [1.29, 1.82) is 0 Å². The van der Waals surface area contributed by atoms with Gasteiger partial charge in [-0.3, -0.25) is 18.1 Å². The lowest BCUT2D eigenvalue weighted by atomic mass is 10.2. The van der Waals surface area contributed by atoms with E-state index in [-0.39, 0.29) is 23.0 Å². The second-order valence-corrected chi connectivity index (χ2v) is 17.6. The molecule has 6 aromatic heterocycles. The quantitative estimate of drug-likeness (QED) is 0.194. The van der Waals surface area contributed by atoms with Crippen LogP contribution in [0.5, 0.6) is 0 Å². The number of nitrogens with zero attached hydrogens (tertiary/aromatic N) is 9. The summed E-state index contributed by atoms with van der Waals surface area (Å²) >= 11 is 12.3. The van der Waals surface area contributed by atoms with E-state index in [0.29, 0.717) is 95.7 Å². The van der Waals surface area contributed by atoms with Gasteiger partial charge in [-0.2, -0.15) is 9.97 Å². The Bertz CT molecular complexity index is 2430. The Labute approximate surface area is 353 Å². The maximum atomic E-state index is 11.6. The molecule has 0 amide bonds. The number of furan rings is 2. The van der Waals surface area contributed by atoms with Gasteiger partial charge in [0.25, 0.3) is 0 Å². The first kappa shape index (κ1) is 42.5. The lowest BCUT2D eigenvalue weighted by Crippen LogP contribution is -2.37. The first-order chi connectivity index (χ1) is 27.8. The zero-order valence-corrected chi connectivity index (χ0v) is 35.2. The molecule has 4 fully saturated rings. The molecule has 4 aliphatic heterocycles. The Kier molecular flexibility index (Phi) is 14.4. The molecule has 0 radical (unpaired) electrons. The van der Waals surface area contributed by atoms with E-state index in [2.05, 4.69) is 51.1 Å². The van der Waals surface area contributed by atoms with Crippen LogP contribution in [0.15, 0.2) is 33.4 Å². The average molecular weight is 896 g/mol. The number of carbonyl (C=O) groups is 1. The Hall–Kier alpha value is -3.66. The maximum absolute atomic E-state index is 11.6. The van der Waals surface area contributed by atoms with E-state index in [1.165, 1.54) is 6.20 Å². The largest absolute Gasteiger partial charge is 0.432 e. The van der Waals surface area contributed by atoms with Gasteiger partial charge in [0.2, 0.25) is 22.0 Å². The first-order valence-corrected chi connectivity index (χ1v) is 22.3. The molecule has 0 saturated carbocycles. The minimum Gasteiger partial charge on any atom is -0.432 e. The third-order valence-electron chi connectivity index (χ3n) is 9.78. The highest BCUT2D eigenvalue weighted by molar-refractivity contribution is 7.85. The van der Waals surface area contributed by atoms with Crippen molar-refractivity contribution in [1.82, 2.24) is 40.1 Å². The SMILES string of the molecule is Cl.O=Cc1cnc2oc3c(N4CCOCC4)nc(Cl)nc3c2c1.O=S1CCN(Cc2cnc3oc4c(N5CCOCC5)nc(Cl)nc4c3c2)CC1.O=S1CCNCC1. The lowest BCUT2D eigenvalue weighted by molar-refractivity contribution is 0.112. The van der Waals surface area contributed by atoms with Gasteiger partial charge in [0.15, 0.2) is 29.1 Å². The van der Waals surface area contributed by atoms with Crippen LogP contribution in [0.2, 0.25) is 10.6 Å². The molecule has 0 unspecified atom stereocenters. The molecule has 22 heteroatoms. The number of nitrogens with one attached hydrogen (secondary N) is 1. The van der Waals surface area contributed by atoms with Crippen molar-refractivity contribution >= 4 is 120 Å². The highest BCUT2D eigenvalue weighted by Crippen LogP contribution is 2.35. The van der Waals surface area contributed by atoms with Gasteiger partial charge in [-0.25, -0.2) is 19.9 Å². The van der Waals surface area contributed by atoms with Gasteiger partial charge in [0.05, 0.1) is 37.2 Å². The number of rotatable bonds is 5. The molecule has 10 heterocycles. The summed E-state index contributed by atoms with van der Waals surface area (Å²) in [5.74, 6) is 4.48. The second-order valence-electron chi connectivity index (χ2n) is 13.5. The Balaban J connectivity index is 0.000000152. The smallest absolute Gasteiger partial charge is 0.229 e. The van der Waals surface area contributed by atoms with Crippen LogP contribution >= 0.6 is 35.6 Å². The summed E-state index contributed by atoms with van der Waals surface area (Å²) in [7, 11) is -1.18. The van der Waals surface area contributed by atoms with Gasteiger partial charge in [-0.15, -0.1) is 12.4 Å². The molecule has 0 aliphatic carbocycles. The van der Waals surface area contributed by atoms with Gasteiger partial charge in [0.1, 0.15) is 11.0 Å². The number of hydrogen-bond donors (Lipinski definition) is 1. The molecule has 0 atom stereocenters. The topological polar surface area (TPSA) is 195 Å². The van der Waals surface area contributed by atoms with Gasteiger partial charge < -0.3 is 33.4 Å². The molecule has 0 bridgehead atoms. The van der Waals surface area contributed by atoms with Crippen LogP contribution in [0, 0.1) is 0 Å². The maximum Gasteiger partial charge on any atom is 0.229 e. The molecule has 1 N–H and O–H groups in total. The van der Waals surface area contributed by atoms with Crippen molar-refractivity contribution in [2.24, 2.45) is 0 Å². The minimum absolute atomic E-state index is 0. The van der Waals surface area contributed by atoms with Crippen LogP contribution in [0.1, 0.15) is 15.9 Å². The third-order valence-corrected chi connectivity index (χ3v) is 12.7. The van der Waals surface area contributed by atoms with Crippen LogP contribution < -0.4 is 15.1 Å². The summed E-state index contributed by atoms with van der Waals surface area (Å²) in [4.78, 5) is 43.4. The molecule has 0 spiro atoms. The fourth-order valence-corrected chi connectivity index (χ4v) is 9.26. The standard InChI is InChI=1S/C18H20ClN5O3S.C14H11ClN4O3.C4H9NOS.ClH/c19-18-21-14-13-9-12(11-23-3-7-28(25)8-4-23)10-20-17(13)27-15(14)16(22-18)24-1-5-26-6-2-24;15-14-17-10-9-5-8(7-20)6-16-13(9)22-11(10)12(18-14)19-1-3-21-4-2-19;6-7-3-1-5-2-4-7;/h9-10H,1-8,11H2;5-7H,1-4H2;5H,1-4H2;1H. The van der Waals surface area contributed by atoms with Crippen molar-refractivity contribution in [2.75, 3.05) is 112 Å². The number of hydrogen-bond acceptors (Lipinski definition) is 17. The molecule has 17 nitrogen and oxygen atoms in total. The number of fused-ring (bicyclic) bond motifs is 6. The normalized spacial score (nSPS) is 18.4. The monoisotopic (exact) mass is 894 g/mol. The van der Waals surface area contributed by atoms with Gasteiger partial charge in [-0.1, -0.05) is 0 Å². The molecular formula is C36H41Cl3N10O7S2. The summed E-state index contributed by atoms with van der Waals surface area (Å²) in [6, 6.07) is 3.75. The minimum atomic E-state index is -0.679. The lowest BCUT2D eigenvalue weighted by Gasteiger charge is -2.27. The summed E-state index contributed by atoms with van der Waals surface area (Å²) in [5, 5.41) is 4.94. The van der Waals surface area contributed by atoms with E-state index >= 15 is 0 Å². The van der Waals surface area contributed by atoms with E-state index in [1.807, 2.05) is 11.1 Å². The number of aromatic nitrogens is 6. The Morgan fingerprint density at radius 1 is 0.690 bits per heavy atom. The van der Waals surface area contributed by atoms with Gasteiger partial charge >= 0.3 is 0 Å². The van der Waals surface area contributed by atoms with Crippen LogP contribution in [-0.2, 0) is 37.6 Å². The summed E-state index contributed by atoms with van der Waals surface area (Å²) in [6.07, 6.45) is 4.03. The zero-order valence-electron chi connectivity index (χ0n) is 31.3. The van der Waals surface area contributed by atoms with E-state index in [0.717, 1.165) is 86.1 Å². The highest BCUT2D eigenvalue weighted by atomic mass is 35.5. The van der Waals surface area contributed by atoms with Crippen molar-refractivity contribution in [3.8, 4) is 0 Å². The summed E-state index contributed by atoms with van der Waals surface area (Å²) in [6.45, 7) is 9.72. The second kappa shape index (κ2) is 19.6. The number of anilines is 2. The Morgan fingerprint density at radius 2 is 1.19 bits per heavy atom. The van der Waals surface area contributed by atoms with Crippen molar-refractivity contribution in [3.05, 3.63) is 46.2 Å². The third kappa shape index (κ3) is 9.85. The number of aldehydes is 1.